The molecule has 0 N–H and O–H groups in total. The molecule has 0 aliphatic rings. The highest BCUT2D eigenvalue weighted by molar-refractivity contribution is 5.28. The zero-order chi connectivity index (χ0) is 7.94. The van der Waals surface area contributed by atoms with Crippen molar-refractivity contribution < 1.29 is 4.74 Å². The fourth-order valence-electron chi connectivity index (χ4n) is 0.574. The van der Waals surface area contributed by atoms with Gasteiger partial charge in [0.25, 0.3) is 0 Å². The van der Waals surface area contributed by atoms with Gasteiger partial charge in [0.15, 0.2) is 0 Å². The molecule has 0 amide bonds. The van der Waals surface area contributed by atoms with Gasteiger partial charge in [-0.15, -0.1) is 0 Å². The van der Waals surface area contributed by atoms with E-state index in [0.29, 0.717) is 6.61 Å². The van der Waals surface area contributed by atoms with Gasteiger partial charge in [-0.3, -0.25) is 0 Å². The molecule has 11 heavy (non-hydrogen) atoms. The monoisotopic (exact) mass is 148 g/mol. The van der Waals surface area contributed by atoms with Crippen LogP contribution in [0.25, 0.3) is 0 Å². The Labute approximate surface area is 65.4 Å². The average Bonchev–Trinajstić information content (AvgIpc) is 2.07. The van der Waals surface area contributed by atoms with Gasteiger partial charge in [-0.25, -0.2) is 9.97 Å². The minimum absolute atomic E-state index is 0.439. The third-order valence-corrected chi connectivity index (χ3v) is 1.01. The largest absolute Gasteiger partial charge is 0.372 e. The van der Waals surface area contributed by atoms with Crippen LogP contribution in [0.15, 0.2) is 18.7 Å². The van der Waals surface area contributed by atoms with Crippen LogP contribution in [0.5, 0.6) is 0 Å². The van der Waals surface area contributed by atoms with Gasteiger partial charge < -0.3 is 4.74 Å². The van der Waals surface area contributed by atoms with Crippen LogP contribution < -0.4 is 0 Å². The third-order valence-electron chi connectivity index (χ3n) is 1.01. The van der Waals surface area contributed by atoms with E-state index in [-0.39, 0.29) is 0 Å². The van der Waals surface area contributed by atoms with Crippen molar-refractivity contribution in [3.63, 3.8) is 0 Å². The molecule has 3 heteroatoms. The van der Waals surface area contributed by atoms with Gasteiger partial charge in [0.05, 0.1) is 5.56 Å². The third kappa shape index (κ3) is 2.78. The van der Waals surface area contributed by atoms with E-state index in [1.807, 2.05) is 0 Å². The summed E-state index contributed by atoms with van der Waals surface area (Å²) >= 11 is 0. The Bertz CT molecular complexity index is 260. The molecule has 0 aromatic carbocycles. The minimum atomic E-state index is 0.439. The highest BCUT2D eigenvalue weighted by Crippen LogP contribution is 1.87. The zero-order valence-corrected chi connectivity index (χ0v) is 6.24. The average molecular weight is 148 g/mol. The SMILES string of the molecule is COCC#Cc1cncnc1. The molecule has 0 unspecified atom stereocenters. The van der Waals surface area contributed by atoms with Crippen LogP contribution in [-0.4, -0.2) is 23.7 Å². The first-order valence-corrected chi connectivity index (χ1v) is 3.16. The molecule has 0 fully saturated rings. The number of hydrogen-bond donors (Lipinski definition) is 0. The number of aromatic nitrogens is 2. The molecule has 1 aromatic heterocycles. The van der Waals surface area contributed by atoms with E-state index >= 15 is 0 Å². The van der Waals surface area contributed by atoms with Crippen molar-refractivity contribution in [2.75, 3.05) is 13.7 Å². The fraction of sp³-hybridized carbons (Fsp3) is 0.250. The van der Waals surface area contributed by atoms with Crippen LogP contribution in [0, 0.1) is 11.8 Å². The lowest BCUT2D eigenvalue weighted by molar-refractivity contribution is 0.240. The summed E-state index contributed by atoms with van der Waals surface area (Å²) < 4.78 is 4.75. The van der Waals surface area contributed by atoms with E-state index in [1.165, 1.54) is 6.33 Å². The topological polar surface area (TPSA) is 35.0 Å². The lowest BCUT2D eigenvalue weighted by Gasteiger charge is -1.85. The van der Waals surface area contributed by atoms with Gasteiger partial charge in [-0.2, -0.15) is 0 Å². The van der Waals surface area contributed by atoms with Crippen LogP contribution in [0.2, 0.25) is 0 Å². The van der Waals surface area contributed by atoms with Crippen LogP contribution in [0.4, 0.5) is 0 Å². The molecule has 0 saturated heterocycles. The van der Waals surface area contributed by atoms with E-state index in [9.17, 15) is 0 Å². The van der Waals surface area contributed by atoms with Crippen LogP contribution in [0.1, 0.15) is 5.56 Å². The van der Waals surface area contributed by atoms with Gasteiger partial charge in [0.2, 0.25) is 0 Å². The molecule has 3 nitrogen and oxygen atoms in total. The fourth-order valence-corrected chi connectivity index (χ4v) is 0.574. The number of methoxy groups -OCH3 is 1. The van der Waals surface area contributed by atoms with Crippen molar-refractivity contribution in [3.8, 4) is 11.8 Å². The lowest BCUT2D eigenvalue weighted by Crippen LogP contribution is -1.83. The van der Waals surface area contributed by atoms with Crippen LogP contribution in [0.3, 0.4) is 0 Å². The second-order valence-corrected chi connectivity index (χ2v) is 1.86. The maximum Gasteiger partial charge on any atom is 0.115 e. The van der Waals surface area contributed by atoms with E-state index in [2.05, 4.69) is 21.8 Å². The van der Waals surface area contributed by atoms with Crippen molar-refractivity contribution in [2.45, 2.75) is 0 Å². The first kappa shape index (κ1) is 7.70. The lowest BCUT2D eigenvalue weighted by atomic mass is 10.3. The van der Waals surface area contributed by atoms with Crippen molar-refractivity contribution in [2.24, 2.45) is 0 Å². The molecule has 0 spiro atoms. The van der Waals surface area contributed by atoms with E-state index in [0.717, 1.165) is 5.56 Å². The molecular formula is C8H8N2O. The van der Waals surface area contributed by atoms with Gasteiger partial charge in [-0.05, 0) is 0 Å². The standard InChI is InChI=1S/C8H8N2O/c1-11-4-2-3-8-5-9-7-10-6-8/h5-7H,4H2,1H3. The van der Waals surface area contributed by atoms with Crippen LogP contribution in [-0.2, 0) is 4.74 Å². The molecule has 0 aliphatic carbocycles. The molecule has 0 atom stereocenters. The summed E-state index contributed by atoms with van der Waals surface area (Å²) in [7, 11) is 1.61. The predicted molar refractivity (Wildman–Crippen MR) is 40.8 cm³/mol. The van der Waals surface area contributed by atoms with Crippen molar-refractivity contribution in [1.29, 1.82) is 0 Å². The summed E-state index contributed by atoms with van der Waals surface area (Å²) in [6, 6.07) is 0. The normalized spacial score (nSPS) is 8.45. The predicted octanol–water partition coefficient (Wildman–Crippen LogP) is 0.475. The molecule has 1 aromatic rings. The zero-order valence-electron chi connectivity index (χ0n) is 6.24. The summed E-state index contributed by atoms with van der Waals surface area (Å²) in [6.07, 6.45) is 4.80. The summed E-state index contributed by atoms with van der Waals surface area (Å²) in [6.45, 7) is 0.439. The van der Waals surface area contributed by atoms with Gasteiger partial charge in [0, 0.05) is 19.5 Å². The summed E-state index contributed by atoms with van der Waals surface area (Å²) in [5.41, 5.74) is 0.810. The van der Waals surface area contributed by atoms with Crippen molar-refractivity contribution >= 4 is 0 Å². The number of hydrogen-bond acceptors (Lipinski definition) is 3. The number of rotatable bonds is 1. The molecule has 0 radical (unpaired) electrons. The summed E-state index contributed by atoms with van der Waals surface area (Å²) in [5, 5.41) is 0. The molecule has 1 rings (SSSR count). The molecule has 56 valence electrons. The van der Waals surface area contributed by atoms with Gasteiger partial charge in [0.1, 0.15) is 12.9 Å². The summed E-state index contributed by atoms with van der Waals surface area (Å²) in [5.74, 6) is 5.64. The summed E-state index contributed by atoms with van der Waals surface area (Å²) in [4.78, 5) is 7.62. The Kier molecular flexibility index (Phi) is 3.10. The molecule has 0 bridgehead atoms. The highest BCUT2D eigenvalue weighted by atomic mass is 16.5. The maximum atomic E-state index is 4.75. The molecule has 0 aliphatic heterocycles. The first-order chi connectivity index (χ1) is 5.43. The van der Waals surface area contributed by atoms with E-state index in [4.69, 9.17) is 4.74 Å². The van der Waals surface area contributed by atoms with E-state index in [1.54, 1.807) is 19.5 Å². The van der Waals surface area contributed by atoms with Crippen LogP contribution >= 0.6 is 0 Å². The van der Waals surface area contributed by atoms with E-state index < -0.39 is 0 Å². The van der Waals surface area contributed by atoms with Gasteiger partial charge in [-0.1, -0.05) is 11.8 Å². The second-order valence-electron chi connectivity index (χ2n) is 1.86. The Hall–Kier alpha value is -1.40. The Morgan fingerprint density at radius 1 is 1.45 bits per heavy atom. The van der Waals surface area contributed by atoms with Crippen molar-refractivity contribution in [1.82, 2.24) is 9.97 Å². The molecule has 0 saturated carbocycles. The Morgan fingerprint density at radius 2 is 2.18 bits per heavy atom. The highest BCUT2D eigenvalue weighted by Gasteiger charge is 1.81. The Balaban J connectivity index is 2.59. The minimum Gasteiger partial charge on any atom is -0.372 e. The quantitative estimate of drug-likeness (QED) is 0.543. The Morgan fingerprint density at radius 3 is 2.82 bits per heavy atom. The molecular weight excluding hydrogens is 140 g/mol. The number of ether oxygens (including phenoxy) is 1. The van der Waals surface area contributed by atoms with Gasteiger partial charge >= 0.3 is 0 Å². The smallest absolute Gasteiger partial charge is 0.115 e. The second kappa shape index (κ2) is 4.42. The first-order valence-electron chi connectivity index (χ1n) is 3.16. The van der Waals surface area contributed by atoms with Crippen molar-refractivity contribution in [3.05, 3.63) is 24.3 Å². The maximum absolute atomic E-state index is 4.75. The molecule has 1 heterocycles. The number of nitrogens with zero attached hydrogens (tertiary/aromatic N) is 2.